The minimum absolute atomic E-state index is 0.0463. The number of amides is 1. The van der Waals surface area contributed by atoms with Gasteiger partial charge in [0, 0.05) is 24.7 Å². The lowest BCUT2D eigenvalue weighted by atomic mass is 9.99. The number of hydrogen-bond donors (Lipinski definition) is 1. The first kappa shape index (κ1) is 23.3. The summed E-state index contributed by atoms with van der Waals surface area (Å²) in [5.74, 6) is -0.490. The van der Waals surface area contributed by atoms with Gasteiger partial charge in [-0.1, -0.05) is 35.0 Å². The molecular formula is C23H26N4O4S2. The number of benzene rings is 1. The molecule has 0 aliphatic carbocycles. The van der Waals surface area contributed by atoms with Crippen molar-refractivity contribution in [1.82, 2.24) is 14.4 Å². The Labute approximate surface area is 197 Å². The second kappa shape index (κ2) is 9.58. The molecule has 2 aromatic heterocycles. The highest BCUT2D eigenvalue weighted by molar-refractivity contribution is 7.89. The number of hydrogen-bond acceptors (Lipinski definition) is 7. The maximum atomic E-state index is 13.6. The number of aryl methyl sites for hydroxylation is 3. The maximum Gasteiger partial charge on any atom is 0.248 e. The lowest BCUT2D eigenvalue weighted by Crippen LogP contribution is -2.43. The number of anilines is 1. The summed E-state index contributed by atoms with van der Waals surface area (Å²) in [5, 5.41) is 8.97. The van der Waals surface area contributed by atoms with Gasteiger partial charge in [-0.25, -0.2) is 13.4 Å². The third-order valence-electron chi connectivity index (χ3n) is 5.70. The van der Waals surface area contributed by atoms with Gasteiger partial charge in [-0.3, -0.25) is 4.79 Å². The monoisotopic (exact) mass is 486 g/mol. The van der Waals surface area contributed by atoms with Gasteiger partial charge >= 0.3 is 0 Å². The molecule has 10 heteroatoms. The molecule has 4 rings (SSSR count). The van der Waals surface area contributed by atoms with Crippen molar-refractivity contribution in [2.24, 2.45) is 5.92 Å². The number of sulfonamides is 1. The van der Waals surface area contributed by atoms with E-state index in [1.165, 1.54) is 15.6 Å². The van der Waals surface area contributed by atoms with Crippen molar-refractivity contribution < 1.29 is 17.7 Å². The number of rotatable bonds is 6. The summed E-state index contributed by atoms with van der Waals surface area (Å²) in [4.78, 5) is 16.8. The first-order chi connectivity index (χ1) is 15.8. The van der Waals surface area contributed by atoms with Crippen LogP contribution in [0.15, 0.2) is 39.2 Å². The predicted molar refractivity (Wildman–Crippen MR) is 128 cm³/mol. The molecule has 0 bridgehead atoms. The van der Waals surface area contributed by atoms with Gasteiger partial charge in [0.25, 0.3) is 0 Å². The topological polar surface area (TPSA) is 105 Å². The van der Waals surface area contributed by atoms with E-state index in [1.54, 1.807) is 24.6 Å². The molecule has 1 saturated heterocycles. The Kier molecular flexibility index (Phi) is 6.78. The fourth-order valence-corrected chi connectivity index (χ4v) is 6.21. The number of nitrogens with one attached hydrogen (secondary N) is 1. The van der Waals surface area contributed by atoms with E-state index in [2.05, 4.69) is 15.5 Å². The van der Waals surface area contributed by atoms with E-state index >= 15 is 0 Å². The van der Waals surface area contributed by atoms with E-state index in [9.17, 15) is 13.2 Å². The van der Waals surface area contributed by atoms with Crippen molar-refractivity contribution in [3.8, 4) is 0 Å². The van der Waals surface area contributed by atoms with E-state index < -0.39 is 15.9 Å². The molecule has 1 atom stereocenters. The van der Waals surface area contributed by atoms with E-state index in [-0.39, 0.29) is 23.1 Å². The van der Waals surface area contributed by atoms with E-state index in [0.717, 1.165) is 16.7 Å². The molecule has 0 saturated carbocycles. The Hall–Kier alpha value is -2.82. The average Bonchev–Trinajstić information content (AvgIpc) is 3.44. The first-order valence-corrected chi connectivity index (χ1v) is 13.0. The van der Waals surface area contributed by atoms with E-state index in [4.69, 9.17) is 4.52 Å². The zero-order valence-electron chi connectivity index (χ0n) is 18.7. The molecule has 0 radical (unpaired) electrons. The lowest BCUT2D eigenvalue weighted by Gasteiger charge is -2.30. The quantitative estimate of drug-likeness (QED) is 0.558. The van der Waals surface area contributed by atoms with Gasteiger partial charge in [-0.05, 0) is 50.8 Å². The predicted octanol–water partition coefficient (Wildman–Crippen LogP) is 4.27. The van der Waals surface area contributed by atoms with Crippen LogP contribution in [-0.2, 0) is 14.8 Å². The molecular weight excluding hydrogens is 460 g/mol. The number of nitrogens with zero attached hydrogens (tertiary/aromatic N) is 3. The summed E-state index contributed by atoms with van der Waals surface area (Å²) in [6, 6.07) is 6.07. The molecule has 8 nitrogen and oxygen atoms in total. The van der Waals surface area contributed by atoms with Crippen LogP contribution in [-0.4, -0.2) is 41.9 Å². The smallest absolute Gasteiger partial charge is 0.248 e. The normalized spacial score (nSPS) is 17.5. The first-order valence-electron chi connectivity index (χ1n) is 10.7. The highest BCUT2D eigenvalue weighted by Gasteiger charge is 2.37. The van der Waals surface area contributed by atoms with Crippen LogP contribution in [0.25, 0.3) is 12.2 Å². The van der Waals surface area contributed by atoms with Gasteiger partial charge in [-0.15, -0.1) is 11.3 Å². The highest BCUT2D eigenvalue weighted by atomic mass is 32.2. The second-order valence-corrected chi connectivity index (χ2v) is 11.0. The van der Waals surface area contributed by atoms with Gasteiger partial charge in [0.05, 0.1) is 5.92 Å². The van der Waals surface area contributed by atoms with Gasteiger partial charge < -0.3 is 9.84 Å². The van der Waals surface area contributed by atoms with Gasteiger partial charge in [0.15, 0.2) is 15.8 Å². The van der Waals surface area contributed by atoms with Crippen LogP contribution in [0, 0.1) is 26.7 Å². The van der Waals surface area contributed by atoms with Crippen molar-refractivity contribution in [2.75, 3.05) is 18.4 Å². The third-order valence-corrected chi connectivity index (χ3v) is 8.41. The molecule has 1 unspecified atom stereocenters. The van der Waals surface area contributed by atoms with Crippen LogP contribution < -0.4 is 5.32 Å². The lowest BCUT2D eigenvalue weighted by molar-refractivity contribution is -0.120. The fourth-order valence-electron chi connectivity index (χ4n) is 3.90. The summed E-state index contributed by atoms with van der Waals surface area (Å²) in [6.07, 6.45) is 6.30. The molecule has 1 N–H and O–H groups in total. The molecule has 0 spiro atoms. The Morgan fingerprint density at radius 1 is 1.27 bits per heavy atom. The van der Waals surface area contributed by atoms with Gasteiger partial charge in [0.1, 0.15) is 5.69 Å². The largest absolute Gasteiger partial charge is 0.355 e. The molecule has 1 fully saturated rings. The molecule has 1 amide bonds. The van der Waals surface area contributed by atoms with Crippen LogP contribution in [0.5, 0.6) is 0 Å². The second-order valence-electron chi connectivity index (χ2n) is 8.18. The summed E-state index contributed by atoms with van der Waals surface area (Å²) < 4.78 is 33.9. The summed E-state index contributed by atoms with van der Waals surface area (Å²) >= 11 is 1.33. The zero-order chi connectivity index (χ0) is 23.6. The molecule has 1 aliphatic rings. The van der Waals surface area contributed by atoms with Crippen LogP contribution >= 0.6 is 11.3 Å². The van der Waals surface area contributed by atoms with Crippen LogP contribution in [0.1, 0.15) is 41.0 Å². The van der Waals surface area contributed by atoms with Crippen molar-refractivity contribution in [1.29, 1.82) is 0 Å². The van der Waals surface area contributed by atoms with Crippen LogP contribution in [0.4, 0.5) is 5.13 Å². The standard InChI is InChI=1S/C23H26N4O4S2/c1-15-6-7-16(2)18(13-15)8-9-20-21(17(3)26-31-20)33(29,30)27-11-4-5-19(14-27)22(28)25-23-24-10-12-32-23/h6-10,12-13,19H,4-5,11,14H2,1-3H3,(H,24,25,28). The van der Waals surface area contributed by atoms with Crippen molar-refractivity contribution >= 4 is 44.6 Å². The van der Waals surface area contributed by atoms with Crippen molar-refractivity contribution in [3.05, 3.63) is 57.9 Å². The van der Waals surface area contributed by atoms with Gasteiger partial charge in [-0.2, -0.15) is 4.31 Å². The van der Waals surface area contributed by atoms with Crippen LogP contribution in [0.3, 0.4) is 0 Å². The molecule has 3 aromatic rings. The van der Waals surface area contributed by atoms with E-state index in [1.807, 2.05) is 38.1 Å². The van der Waals surface area contributed by atoms with E-state index in [0.29, 0.717) is 30.2 Å². The number of piperidine rings is 1. The molecule has 33 heavy (non-hydrogen) atoms. The number of carbonyl (C=O) groups excluding carboxylic acids is 1. The Bertz CT molecular complexity index is 1280. The summed E-state index contributed by atoms with van der Waals surface area (Å²) in [7, 11) is -3.90. The number of carbonyl (C=O) groups is 1. The number of thiazole rings is 1. The molecule has 1 aromatic carbocycles. The van der Waals surface area contributed by atoms with Crippen LogP contribution in [0.2, 0.25) is 0 Å². The highest BCUT2D eigenvalue weighted by Crippen LogP contribution is 2.30. The maximum absolute atomic E-state index is 13.6. The van der Waals surface area contributed by atoms with Crippen molar-refractivity contribution in [2.45, 2.75) is 38.5 Å². The van der Waals surface area contributed by atoms with Crippen molar-refractivity contribution in [3.63, 3.8) is 0 Å². The zero-order valence-corrected chi connectivity index (χ0v) is 20.4. The average molecular weight is 487 g/mol. The molecule has 1 aliphatic heterocycles. The molecule has 174 valence electrons. The molecule has 3 heterocycles. The minimum atomic E-state index is -3.90. The Balaban J connectivity index is 1.57. The van der Waals surface area contributed by atoms with Gasteiger partial charge in [0.2, 0.25) is 15.9 Å². The summed E-state index contributed by atoms with van der Waals surface area (Å²) in [6.45, 7) is 6.05. The SMILES string of the molecule is Cc1ccc(C)c(C=Cc2onc(C)c2S(=O)(=O)N2CCCC(C(=O)Nc3nccs3)C2)c1. The third kappa shape index (κ3) is 5.07. The minimum Gasteiger partial charge on any atom is -0.355 e. The number of aromatic nitrogens is 2. The Morgan fingerprint density at radius 3 is 2.85 bits per heavy atom. The fraction of sp³-hybridized carbons (Fsp3) is 0.348. The Morgan fingerprint density at radius 2 is 2.09 bits per heavy atom. The summed E-state index contributed by atoms with van der Waals surface area (Å²) in [5.41, 5.74) is 3.45.